The molecule has 0 aliphatic rings. The largest absolute Gasteiger partial charge is 0.395 e. The first-order chi connectivity index (χ1) is 11.0. The van der Waals surface area contributed by atoms with Crippen LogP contribution in [0.5, 0.6) is 0 Å². The van der Waals surface area contributed by atoms with Gasteiger partial charge >= 0.3 is 6.03 Å². The summed E-state index contributed by atoms with van der Waals surface area (Å²) in [4.78, 5) is 25.6. The zero-order valence-electron chi connectivity index (χ0n) is 13.1. The molecule has 0 radical (unpaired) electrons. The van der Waals surface area contributed by atoms with Gasteiger partial charge in [0, 0.05) is 32.9 Å². The average molecular weight is 316 g/mol. The van der Waals surface area contributed by atoms with Gasteiger partial charge in [0.25, 0.3) is 5.56 Å². The van der Waals surface area contributed by atoms with E-state index in [9.17, 15) is 9.59 Å². The molecule has 3 N–H and O–H groups in total. The normalized spacial score (nSPS) is 10.2. The maximum atomic E-state index is 12.1. The number of aromatic nitrogens is 1. The highest BCUT2D eigenvalue weighted by Gasteiger charge is 2.08. The zero-order chi connectivity index (χ0) is 16.8. The first-order valence-corrected chi connectivity index (χ1v) is 7.17. The summed E-state index contributed by atoms with van der Waals surface area (Å²) < 4.78 is 1.34. The topological polar surface area (TPSA) is 86.6 Å². The van der Waals surface area contributed by atoms with E-state index < -0.39 is 6.03 Å². The molecule has 2 aromatic rings. The van der Waals surface area contributed by atoms with Crippen molar-refractivity contribution >= 4 is 23.1 Å². The maximum absolute atomic E-state index is 12.1. The lowest BCUT2D eigenvalue weighted by Crippen LogP contribution is -2.24. The van der Waals surface area contributed by atoms with Gasteiger partial charge in [0.2, 0.25) is 0 Å². The summed E-state index contributed by atoms with van der Waals surface area (Å²) in [5, 5.41) is 14.4. The highest BCUT2D eigenvalue weighted by molar-refractivity contribution is 6.01. The van der Waals surface area contributed by atoms with Gasteiger partial charge in [-0.1, -0.05) is 12.1 Å². The maximum Gasteiger partial charge on any atom is 0.323 e. The molecule has 0 unspecified atom stereocenters. The van der Waals surface area contributed by atoms with Crippen LogP contribution in [-0.2, 0) is 6.54 Å². The van der Waals surface area contributed by atoms with E-state index in [1.807, 2.05) is 43.3 Å². The number of carbonyl (C=O) groups excluding carboxylic acids is 1. The first kappa shape index (κ1) is 16.6. The van der Waals surface area contributed by atoms with Gasteiger partial charge in [0.15, 0.2) is 0 Å². The summed E-state index contributed by atoms with van der Waals surface area (Å²) in [5.41, 5.74) is 1.80. The van der Waals surface area contributed by atoms with E-state index in [4.69, 9.17) is 5.11 Å². The summed E-state index contributed by atoms with van der Waals surface area (Å²) >= 11 is 0. The Balaban J connectivity index is 2.11. The highest BCUT2D eigenvalue weighted by atomic mass is 16.3. The first-order valence-electron chi connectivity index (χ1n) is 7.17. The molecule has 0 fully saturated rings. The molecule has 1 heterocycles. The quantitative estimate of drug-likeness (QED) is 0.781. The number of nitrogens with one attached hydrogen (secondary N) is 2. The van der Waals surface area contributed by atoms with Crippen molar-refractivity contribution in [2.24, 2.45) is 0 Å². The van der Waals surface area contributed by atoms with E-state index in [1.54, 1.807) is 0 Å². The number of aliphatic hydroxyl groups is 1. The number of aliphatic hydroxyl groups excluding tert-OH is 1. The molecule has 1 aromatic carbocycles. The second kappa shape index (κ2) is 7.46. The van der Waals surface area contributed by atoms with E-state index in [1.165, 1.54) is 22.9 Å². The van der Waals surface area contributed by atoms with E-state index in [0.717, 1.165) is 5.69 Å². The van der Waals surface area contributed by atoms with Crippen LogP contribution in [0.15, 0.2) is 47.4 Å². The molecule has 0 saturated carbocycles. The summed E-state index contributed by atoms with van der Waals surface area (Å²) in [7, 11) is 3.78. The molecule has 23 heavy (non-hydrogen) atoms. The van der Waals surface area contributed by atoms with E-state index in [0.29, 0.717) is 11.4 Å². The zero-order valence-corrected chi connectivity index (χ0v) is 13.1. The van der Waals surface area contributed by atoms with Gasteiger partial charge < -0.3 is 25.2 Å². The highest BCUT2D eigenvalue weighted by Crippen LogP contribution is 2.23. The Morgan fingerprint density at radius 2 is 1.91 bits per heavy atom. The number of rotatable bonds is 5. The summed E-state index contributed by atoms with van der Waals surface area (Å²) in [6.07, 6.45) is 1.50. The van der Waals surface area contributed by atoms with Crippen molar-refractivity contribution in [1.29, 1.82) is 0 Å². The third-order valence-corrected chi connectivity index (χ3v) is 3.22. The molecule has 1 aromatic heterocycles. The van der Waals surface area contributed by atoms with Crippen LogP contribution in [-0.4, -0.2) is 36.4 Å². The lowest BCUT2D eigenvalue weighted by atomic mass is 10.2. The van der Waals surface area contributed by atoms with Crippen LogP contribution in [0.25, 0.3) is 0 Å². The van der Waals surface area contributed by atoms with Gasteiger partial charge in [0.05, 0.1) is 23.7 Å². The van der Waals surface area contributed by atoms with E-state index in [2.05, 4.69) is 10.6 Å². The Morgan fingerprint density at radius 3 is 2.61 bits per heavy atom. The van der Waals surface area contributed by atoms with Crippen LogP contribution in [0.1, 0.15) is 0 Å². The summed E-state index contributed by atoms with van der Waals surface area (Å²) in [5.74, 6) is 0. The minimum atomic E-state index is -0.409. The number of para-hydroxylation sites is 2. The van der Waals surface area contributed by atoms with Gasteiger partial charge in [0.1, 0.15) is 0 Å². The minimum Gasteiger partial charge on any atom is -0.395 e. The monoisotopic (exact) mass is 316 g/mol. The smallest absolute Gasteiger partial charge is 0.323 e. The van der Waals surface area contributed by atoms with E-state index >= 15 is 0 Å². The van der Waals surface area contributed by atoms with Crippen LogP contribution in [0.4, 0.5) is 21.9 Å². The molecular formula is C16H20N4O3. The van der Waals surface area contributed by atoms with Gasteiger partial charge in [-0.05, 0) is 18.2 Å². The average Bonchev–Trinajstić information content (AvgIpc) is 2.51. The van der Waals surface area contributed by atoms with Crippen LogP contribution in [0.3, 0.4) is 0 Å². The Labute approximate surface area is 134 Å². The number of benzene rings is 1. The number of nitrogens with zero attached hydrogens (tertiary/aromatic N) is 2. The van der Waals surface area contributed by atoms with Gasteiger partial charge in [-0.15, -0.1) is 0 Å². The van der Waals surface area contributed by atoms with Crippen molar-refractivity contribution in [3.05, 3.63) is 52.9 Å². The number of anilines is 3. The van der Waals surface area contributed by atoms with Crippen molar-refractivity contribution < 1.29 is 9.90 Å². The number of urea groups is 1. The van der Waals surface area contributed by atoms with Crippen LogP contribution in [0, 0.1) is 0 Å². The molecule has 0 bridgehead atoms. The lowest BCUT2D eigenvalue weighted by molar-refractivity contribution is 0.262. The minimum absolute atomic E-state index is 0.147. The molecule has 0 spiro atoms. The standard InChI is InChI=1S/C16H20N4O3/c1-19(2)14-6-4-3-5-13(14)18-16(23)17-12-7-8-15(22)20(11-12)9-10-21/h3-8,11,21H,9-10H2,1-2H3,(H2,17,18,23). The Morgan fingerprint density at radius 1 is 1.17 bits per heavy atom. The van der Waals surface area contributed by atoms with Crippen molar-refractivity contribution in [1.82, 2.24) is 4.57 Å². The number of amides is 2. The number of hydrogen-bond donors (Lipinski definition) is 3. The lowest BCUT2D eigenvalue weighted by Gasteiger charge is -2.18. The third-order valence-electron chi connectivity index (χ3n) is 3.22. The third kappa shape index (κ3) is 4.33. The predicted molar refractivity (Wildman–Crippen MR) is 91.2 cm³/mol. The van der Waals surface area contributed by atoms with Gasteiger partial charge in [-0.2, -0.15) is 0 Å². The van der Waals surface area contributed by atoms with Crippen LogP contribution >= 0.6 is 0 Å². The number of pyridine rings is 1. The molecular weight excluding hydrogens is 296 g/mol. The molecule has 2 rings (SSSR count). The molecule has 0 atom stereocenters. The number of carbonyl (C=O) groups is 1. The molecule has 2 amide bonds. The molecule has 0 aliphatic heterocycles. The second-order valence-electron chi connectivity index (χ2n) is 5.16. The number of hydrogen-bond acceptors (Lipinski definition) is 4. The Kier molecular flexibility index (Phi) is 5.37. The molecule has 7 heteroatoms. The molecule has 0 aliphatic carbocycles. The Bertz CT molecular complexity index is 740. The summed E-state index contributed by atoms with van der Waals surface area (Å²) in [6.45, 7) is 0.0329. The predicted octanol–water partition coefficient (Wildman–Crippen LogP) is 1.55. The van der Waals surface area contributed by atoms with Gasteiger partial charge in [-0.25, -0.2) is 4.79 Å². The van der Waals surface area contributed by atoms with Crippen molar-refractivity contribution in [3.8, 4) is 0 Å². The molecule has 7 nitrogen and oxygen atoms in total. The van der Waals surface area contributed by atoms with Crippen LogP contribution < -0.4 is 21.1 Å². The fraction of sp³-hybridized carbons (Fsp3) is 0.250. The second-order valence-corrected chi connectivity index (χ2v) is 5.16. The SMILES string of the molecule is CN(C)c1ccccc1NC(=O)Nc1ccc(=O)n(CCO)c1. The molecule has 122 valence electrons. The van der Waals surface area contributed by atoms with Gasteiger partial charge in [-0.3, -0.25) is 4.79 Å². The van der Waals surface area contributed by atoms with Crippen molar-refractivity contribution in [2.45, 2.75) is 6.54 Å². The summed E-state index contributed by atoms with van der Waals surface area (Å²) in [6, 6.07) is 9.90. The Hall–Kier alpha value is -2.80. The van der Waals surface area contributed by atoms with Crippen molar-refractivity contribution in [2.75, 3.05) is 36.2 Å². The van der Waals surface area contributed by atoms with E-state index in [-0.39, 0.29) is 18.7 Å². The van der Waals surface area contributed by atoms with Crippen LogP contribution in [0.2, 0.25) is 0 Å². The fourth-order valence-corrected chi connectivity index (χ4v) is 2.14. The van der Waals surface area contributed by atoms with Crippen molar-refractivity contribution in [3.63, 3.8) is 0 Å². The fourth-order valence-electron chi connectivity index (χ4n) is 2.14. The molecule has 0 saturated heterocycles.